The first-order valence-corrected chi connectivity index (χ1v) is 7.88. The van der Waals surface area contributed by atoms with Crippen LogP contribution in [0.3, 0.4) is 0 Å². The molecule has 0 unspecified atom stereocenters. The smallest absolute Gasteiger partial charge is 0.129 e. The molecule has 3 heteroatoms. The second-order valence-corrected chi connectivity index (χ2v) is 7.03. The van der Waals surface area contributed by atoms with Gasteiger partial charge in [-0.3, -0.25) is 0 Å². The molecule has 0 atom stereocenters. The Hall–Kier alpha value is -1.09. The maximum absolute atomic E-state index is 4.89. The molecule has 2 heterocycles. The summed E-state index contributed by atoms with van der Waals surface area (Å²) >= 11 is 0. The molecule has 0 spiro atoms. The van der Waals surface area contributed by atoms with Crippen LogP contribution in [0.1, 0.15) is 58.2 Å². The first-order valence-electron chi connectivity index (χ1n) is 7.88. The Morgan fingerprint density at radius 3 is 2.65 bits per heavy atom. The number of nitrogens with zero attached hydrogens (tertiary/aromatic N) is 2. The third-order valence-electron chi connectivity index (χ3n) is 4.06. The molecular formula is C17H29N3. The summed E-state index contributed by atoms with van der Waals surface area (Å²) in [5.74, 6) is 1.64. The van der Waals surface area contributed by atoms with Gasteiger partial charge in [-0.25, -0.2) is 4.98 Å². The van der Waals surface area contributed by atoms with Crippen LogP contribution in [-0.4, -0.2) is 24.6 Å². The van der Waals surface area contributed by atoms with E-state index in [-0.39, 0.29) is 0 Å². The number of hydrogen-bond donors (Lipinski definition) is 1. The molecule has 0 saturated carbocycles. The molecule has 0 radical (unpaired) electrons. The molecule has 0 aliphatic carbocycles. The predicted molar refractivity (Wildman–Crippen MR) is 86.3 cm³/mol. The summed E-state index contributed by atoms with van der Waals surface area (Å²) in [6.07, 6.45) is 1.25. The van der Waals surface area contributed by atoms with Crippen LogP contribution in [0, 0.1) is 5.41 Å². The lowest BCUT2D eigenvalue weighted by atomic mass is 9.93. The Labute approximate surface area is 123 Å². The molecule has 1 saturated heterocycles. The summed E-state index contributed by atoms with van der Waals surface area (Å²) in [7, 11) is 0. The molecule has 0 aromatic carbocycles. The number of pyridine rings is 1. The molecular weight excluding hydrogens is 246 g/mol. The van der Waals surface area contributed by atoms with Gasteiger partial charge in [-0.05, 0) is 42.0 Å². The third kappa shape index (κ3) is 3.72. The molecule has 3 nitrogen and oxygen atoms in total. The predicted octanol–water partition coefficient (Wildman–Crippen LogP) is 3.55. The van der Waals surface area contributed by atoms with Crippen molar-refractivity contribution in [1.82, 2.24) is 10.3 Å². The summed E-state index contributed by atoms with van der Waals surface area (Å²) in [5, 5.41) is 3.42. The normalized spacial score (nSPS) is 18.0. The van der Waals surface area contributed by atoms with Gasteiger partial charge in [-0.15, -0.1) is 0 Å². The summed E-state index contributed by atoms with van der Waals surface area (Å²) in [5.41, 5.74) is 2.97. The molecule has 1 N–H and O–H groups in total. The van der Waals surface area contributed by atoms with Gasteiger partial charge in [0.15, 0.2) is 0 Å². The number of rotatable bonds is 5. The first kappa shape index (κ1) is 15.3. The Morgan fingerprint density at radius 2 is 2.10 bits per heavy atom. The van der Waals surface area contributed by atoms with Crippen LogP contribution in [0.4, 0.5) is 5.82 Å². The molecule has 1 aromatic rings. The average Bonchev–Trinajstić information content (AvgIpc) is 2.76. The molecule has 1 fully saturated rings. The third-order valence-corrected chi connectivity index (χ3v) is 4.06. The maximum Gasteiger partial charge on any atom is 0.129 e. The second-order valence-electron chi connectivity index (χ2n) is 7.03. The number of anilines is 1. The zero-order valence-corrected chi connectivity index (χ0v) is 13.7. The largest absolute Gasteiger partial charge is 0.356 e. The monoisotopic (exact) mass is 275 g/mol. The fourth-order valence-corrected chi connectivity index (χ4v) is 2.73. The van der Waals surface area contributed by atoms with Gasteiger partial charge >= 0.3 is 0 Å². The van der Waals surface area contributed by atoms with E-state index >= 15 is 0 Å². The summed E-state index contributed by atoms with van der Waals surface area (Å²) in [6, 6.07) is 4.51. The maximum atomic E-state index is 4.89. The molecule has 1 aliphatic rings. The van der Waals surface area contributed by atoms with E-state index in [9.17, 15) is 0 Å². The highest BCUT2D eigenvalue weighted by Gasteiger charge is 2.30. The standard InChI is InChI=1S/C17H29N3/c1-6-18-11-14-9-15(13(2)3)19-16(10-14)20-8-7-17(4,5)12-20/h9-10,13,18H,6-8,11-12H2,1-5H3. The quantitative estimate of drug-likeness (QED) is 0.890. The Kier molecular flexibility index (Phi) is 4.69. The van der Waals surface area contributed by atoms with Gasteiger partial charge in [0.05, 0.1) is 0 Å². The molecule has 1 aliphatic heterocycles. The first-order chi connectivity index (χ1) is 9.41. The Bertz CT molecular complexity index is 452. The van der Waals surface area contributed by atoms with Crippen molar-refractivity contribution >= 4 is 5.82 Å². The van der Waals surface area contributed by atoms with Crippen LogP contribution >= 0.6 is 0 Å². The Balaban J connectivity index is 2.25. The minimum Gasteiger partial charge on any atom is -0.356 e. The molecule has 20 heavy (non-hydrogen) atoms. The average molecular weight is 275 g/mol. The van der Waals surface area contributed by atoms with Crippen molar-refractivity contribution < 1.29 is 0 Å². The van der Waals surface area contributed by atoms with E-state index in [1.165, 1.54) is 17.7 Å². The minimum absolute atomic E-state index is 0.414. The van der Waals surface area contributed by atoms with Crippen molar-refractivity contribution in [2.24, 2.45) is 5.41 Å². The zero-order chi connectivity index (χ0) is 14.8. The van der Waals surface area contributed by atoms with E-state index in [0.29, 0.717) is 11.3 Å². The van der Waals surface area contributed by atoms with Crippen LogP contribution in [0.25, 0.3) is 0 Å². The van der Waals surface area contributed by atoms with E-state index < -0.39 is 0 Å². The van der Waals surface area contributed by atoms with Crippen molar-refractivity contribution in [3.63, 3.8) is 0 Å². The highest BCUT2D eigenvalue weighted by molar-refractivity contribution is 5.44. The van der Waals surface area contributed by atoms with Crippen molar-refractivity contribution in [1.29, 1.82) is 0 Å². The van der Waals surface area contributed by atoms with Gasteiger partial charge in [0.1, 0.15) is 5.82 Å². The van der Waals surface area contributed by atoms with Crippen molar-refractivity contribution in [3.05, 3.63) is 23.4 Å². The van der Waals surface area contributed by atoms with E-state index in [2.05, 4.69) is 57.0 Å². The van der Waals surface area contributed by atoms with Gasteiger partial charge in [0.2, 0.25) is 0 Å². The fourth-order valence-electron chi connectivity index (χ4n) is 2.73. The van der Waals surface area contributed by atoms with Crippen molar-refractivity contribution in [2.75, 3.05) is 24.5 Å². The van der Waals surface area contributed by atoms with Gasteiger partial charge in [0, 0.05) is 25.3 Å². The summed E-state index contributed by atoms with van der Waals surface area (Å²) in [6.45, 7) is 15.5. The van der Waals surface area contributed by atoms with Gasteiger partial charge in [-0.2, -0.15) is 0 Å². The van der Waals surface area contributed by atoms with Crippen LogP contribution < -0.4 is 10.2 Å². The zero-order valence-electron chi connectivity index (χ0n) is 13.7. The fraction of sp³-hybridized carbons (Fsp3) is 0.706. The molecule has 2 rings (SSSR count). The van der Waals surface area contributed by atoms with E-state index in [1.807, 2.05) is 0 Å². The molecule has 1 aromatic heterocycles. The Morgan fingerprint density at radius 1 is 1.35 bits per heavy atom. The van der Waals surface area contributed by atoms with Crippen LogP contribution in [0.15, 0.2) is 12.1 Å². The number of hydrogen-bond acceptors (Lipinski definition) is 3. The van der Waals surface area contributed by atoms with Crippen molar-refractivity contribution in [3.8, 4) is 0 Å². The molecule has 0 amide bonds. The van der Waals surface area contributed by atoms with E-state index in [4.69, 9.17) is 4.98 Å². The highest BCUT2D eigenvalue weighted by atomic mass is 15.2. The topological polar surface area (TPSA) is 28.2 Å². The van der Waals surface area contributed by atoms with Crippen LogP contribution in [-0.2, 0) is 6.54 Å². The van der Waals surface area contributed by atoms with E-state index in [0.717, 1.165) is 32.0 Å². The van der Waals surface area contributed by atoms with Gasteiger partial charge in [0.25, 0.3) is 0 Å². The summed E-state index contributed by atoms with van der Waals surface area (Å²) < 4.78 is 0. The van der Waals surface area contributed by atoms with Gasteiger partial charge < -0.3 is 10.2 Å². The van der Waals surface area contributed by atoms with Crippen molar-refractivity contribution in [2.45, 2.75) is 53.5 Å². The number of aromatic nitrogens is 1. The lowest BCUT2D eigenvalue weighted by Crippen LogP contribution is -2.24. The lowest BCUT2D eigenvalue weighted by molar-refractivity contribution is 0.418. The lowest BCUT2D eigenvalue weighted by Gasteiger charge is -2.22. The second kappa shape index (κ2) is 6.13. The van der Waals surface area contributed by atoms with Crippen LogP contribution in [0.5, 0.6) is 0 Å². The SMILES string of the molecule is CCNCc1cc(C(C)C)nc(N2CCC(C)(C)C2)c1. The minimum atomic E-state index is 0.414. The summed E-state index contributed by atoms with van der Waals surface area (Å²) in [4.78, 5) is 7.33. The van der Waals surface area contributed by atoms with Crippen LogP contribution in [0.2, 0.25) is 0 Å². The van der Waals surface area contributed by atoms with E-state index in [1.54, 1.807) is 0 Å². The number of nitrogens with one attached hydrogen (secondary N) is 1. The molecule has 112 valence electrons. The highest BCUT2D eigenvalue weighted by Crippen LogP contribution is 2.32. The molecule has 0 bridgehead atoms. The van der Waals surface area contributed by atoms with Gasteiger partial charge in [-0.1, -0.05) is 34.6 Å².